The number of hydrogen-bond acceptors (Lipinski definition) is 3. The quantitative estimate of drug-likeness (QED) is 0.278. The topological polar surface area (TPSA) is 48.2 Å². The monoisotopic (exact) mass is 261 g/mol. The zero-order valence-electron chi connectivity index (χ0n) is 8.09. The van der Waals surface area contributed by atoms with Gasteiger partial charge in [-0.3, -0.25) is 5.32 Å². The summed E-state index contributed by atoms with van der Waals surface area (Å²) in [6.45, 7) is 0. The molecule has 84 valence electrons. The van der Waals surface area contributed by atoms with Crippen LogP contribution >= 0.6 is 23.4 Å². The minimum absolute atomic E-state index is 0.133. The number of nitriles is 1. The maximum Gasteiger partial charge on any atom is 0.183 e. The van der Waals surface area contributed by atoms with Crippen molar-refractivity contribution in [3.63, 3.8) is 0 Å². The van der Waals surface area contributed by atoms with Crippen LogP contribution in [0.25, 0.3) is 0 Å². The standard InChI is InChI=1S/C9H6ClF2N3S/c1-16-9(14-4-13)15-8-6(12)3-2-5(11)7(8)10/h2-3H,1H3,(H,14,15). The zero-order valence-corrected chi connectivity index (χ0v) is 9.66. The maximum atomic E-state index is 13.3. The van der Waals surface area contributed by atoms with Crippen LogP contribution in [0, 0.1) is 23.1 Å². The number of halogens is 3. The molecule has 3 nitrogen and oxygen atoms in total. The third kappa shape index (κ3) is 2.84. The largest absolute Gasteiger partial charge is 0.271 e. The van der Waals surface area contributed by atoms with E-state index in [0.717, 1.165) is 23.9 Å². The van der Waals surface area contributed by atoms with E-state index in [1.807, 2.05) is 0 Å². The summed E-state index contributed by atoms with van der Waals surface area (Å²) in [6.07, 6.45) is 3.26. The van der Waals surface area contributed by atoms with Gasteiger partial charge in [-0.2, -0.15) is 5.26 Å². The van der Waals surface area contributed by atoms with E-state index in [9.17, 15) is 8.78 Å². The molecule has 1 rings (SSSR count). The molecule has 0 saturated heterocycles. The van der Waals surface area contributed by atoms with Gasteiger partial charge >= 0.3 is 0 Å². The third-order valence-electron chi connectivity index (χ3n) is 1.59. The average Bonchev–Trinajstić information content (AvgIpc) is 2.28. The van der Waals surface area contributed by atoms with Crippen LogP contribution in [-0.2, 0) is 0 Å². The number of amidine groups is 1. The Morgan fingerprint density at radius 2 is 2.12 bits per heavy atom. The molecule has 16 heavy (non-hydrogen) atoms. The molecule has 0 spiro atoms. The van der Waals surface area contributed by atoms with Gasteiger partial charge in [-0.15, -0.1) is 0 Å². The summed E-state index contributed by atoms with van der Waals surface area (Å²) in [5.74, 6) is -1.52. The molecule has 0 aliphatic rings. The average molecular weight is 262 g/mol. The van der Waals surface area contributed by atoms with E-state index in [2.05, 4.69) is 10.3 Å². The Labute approximate surface area is 100 Å². The molecule has 0 unspecified atom stereocenters. The second kappa shape index (κ2) is 5.68. The van der Waals surface area contributed by atoms with Crippen molar-refractivity contribution in [2.75, 3.05) is 6.26 Å². The number of benzene rings is 1. The van der Waals surface area contributed by atoms with Crippen molar-refractivity contribution in [3.8, 4) is 6.19 Å². The smallest absolute Gasteiger partial charge is 0.183 e. The molecule has 0 atom stereocenters. The predicted molar refractivity (Wildman–Crippen MR) is 60.7 cm³/mol. The van der Waals surface area contributed by atoms with E-state index < -0.39 is 16.7 Å². The Kier molecular flexibility index (Phi) is 4.52. The van der Waals surface area contributed by atoms with Crippen molar-refractivity contribution in [2.24, 2.45) is 4.99 Å². The van der Waals surface area contributed by atoms with Crippen molar-refractivity contribution in [3.05, 3.63) is 28.8 Å². The number of nitrogens with one attached hydrogen (secondary N) is 1. The Morgan fingerprint density at radius 1 is 1.50 bits per heavy atom. The van der Waals surface area contributed by atoms with Gasteiger partial charge in [0.15, 0.2) is 17.2 Å². The summed E-state index contributed by atoms with van der Waals surface area (Å²) in [5.41, 5.74) is -0.325. The highest BCUT2D eigenvalue weighted by Gasteiger charge is 2.12. The van der Waals surface area contributed by atoms with Gasteiger partial charge in [-0.1, -0.05) is 23.4 Å². The molecule has 0 radical (unpaired) electrons. The fraction of sp³-hybridized carbons (Fsp3) is 0.111. The van der Waals surface area contributed by atoms with Gasteiger partial charge in [-0.25, -0.2) is 13.8 Å². The molecule has 0 saturated carbocycles. The summed E-state index contributed by atoms with van der Waals surface area (Å²) in [6, 6.07) is 1.83. The summed E-state index contributed by atoms with van der Waals surface area (Å²) in [7, 11) is 0. The van der Waals surface area contributed by atoms with Crippen LogP contribution < -0.4 is 5.32 Å². The molecule has 1 aromatic carbocycles. The van der Waals surface area contributed by atoms with Crippen molar-refractivity contribution in [1.29, 1.82) is 5.26 Å². The first-order valence-corrected chi connectivity index (χ1v) is 5.61. The van der Waals surface area contributed by atoms with Gasteiger partial charge in [0.25, 0.3) is 0 Å². The number of thioether (sulfide) groups is 1. The normalized spacial score (nSPS) is 11.1. The van der Waals surface area contributed by atoms with Crippen molar-refractivity contribution in [1.82, 2.24) is 5.32 Å². The summed E-state index contributed by atoms with van der Waals surface area (Å²) in [4.78, 5) is 3.73. The van der Waals surface area contributed by atoms with Crippen LogP contribution in [0.4, 0.5) is 14.5 Å². The summed E-state index contributed by atoms with van der Waals surface area (Å²) in [5, 5.41) is 10.3. The number of nitrogens with zero attached hydrogens (tertiary/aromatic N) is 2. The molecule has 0 aliphatic carbocycles. The molecular weight excluding hydrogens is 256 g/mol. The highest BCUT2D eigenvalue weighted by Crippen LogP contribution is 2.31. The molecule has 0 aliphatic heterocycles. The molecule has 0 fully saturated rings. The molecule has 0 amide bonds. The zero-order chi connectivity index (χ0) is 12.1. The first-order valence-electron chi connectivity index (χ1n) is 4.01. The van der Waals surface area contributed by atoms with Gasteiger partial charge in [-0.05, 0) is 18.4 Å². The Balaban J connectivity index is 3.23. The van der Waals surface area contributed by atoms with Crippen LogP contribution in [0.15, 0.2) is 17.1 Å². The molecule has 0 bridgehead atoms. The molecule has 1 N–H and O–H groups in total. The molecule has 0 heterocycles. The second-order valence-corrected chi connectivity index (χ2v) is 3.72. The minimum atomic E-state index is -0.765. The van der Waals surface area contributed by atoms with E-state index in [1.54, 1.807) is 12.4 Å². The van der Waals surface area contributed by atoms with Crippen LogP contribution in [0.1, 0.15) is 0 Å². The molecular formula is C9H6ClF2N3S. The van der Waals surface area contributed by atoms with Gasteiger partial charge in [0, 0.05) is 0 Å². The third-order valence-corrected chi connectivity index (χ3v) is 2.53. The van der Waals surface area contributed by atoms with Crippen molar-refractivity contribution >= 4 is 34.2 Å². The lowest BCUT2D eigenvalue weighted by atomic mass is 10.3. The highest BCUT2D eigenvalue weighted by atomic mass is 35.5. The number of aliphatic imine (C=N–C) groups is 1. The van der Waals surface area contributed by atoms with Gasteiger partial charge < -0.3 is 0 Å². The number of hydrogen-bond donors (Lipinski definition) is 1. The summed E-state index contributed by atoms with van der Waals surface area (Å²) >= 11 is 6.64. The highest BCUT2D eigenvalue weighted by molar-refractivity contribution is 8.13. The van der Waals surface area contributed by atoms with E-state index >= 15 is 0 Å². The Morgan fingerprint density at radius 3 is 2.69 bits per heavy atom. The van der Waals surface area contributed by atoms with E-state index in [-0.39, 0.29) is 10.9 Å². The first kappa shape index (κ1) is 12.7. The fourth-order valence-corrected chi connectivity index (χ4v) is 1.42. The predicted octanol–water partition coefficient (Wildman–Crippen LogP) is 3.04. The summed E-state index contributed by atoms with van der Waals surface area (Å²) < 4.78 is 26.3. The van der Waals surface area contributed by atoms with Gasteiger partial charge in [0.05, 0.1) is 0 Å². The maximum absolute atomic E-state index is 13.3. The Bertz CT molecular complexity index is 471. The van der Waals surface area contributed by atoms with E-state index in [0.29, 0.717) is 0 Å². The van der Waals surface area contributed by atoms with Crippen molar-refractivity contribution < 1.29 is 8.78 Å². The Hall–Kier alpha value is -1.32. The van der Waals surface area contributed by atoms with Gasteiger partial charge in [0.2, 0.25) is 0 Å². The van der Waals surface area contributed by atoms with Crippen LogP contribution in [0.2, 0.25) is 5.02 Å². The lowest BCUT2D eigenvalue weighted by molar-refractivity contribution is 0.602. The van der Waals surface area contributed by atoms with Crippen LogP contribution in [-0.4, -0.2) is 11.4 Å². The van der Waals surface area contributed by atoms with Crippen molar-refractivity contribution in [2.45, 2.75) is 0 Å². The van der Waals surface area contributed by atoms with Crippen LogP contribution in [0.5, 0.6) is 0 Å². The fourth-order valence-electron chi connectivity index (χ4n) is 0.893. The molecule has 7 heteroatoms. The molecule has 0 aromatic heterocycles. The lowest BCUT2D eigenvalue weighted by Crippen LogP contribution is -2.12. The number of rotatable bonds is 1. The van der Waals surface area contributed by atoms with E-state index in [1.165, 1.54) is 0 Å². The first-order chi connectivity index (χ1) is 7.60. The SMILES string of the molecule is CSC(=Nc1c(F)ccc(F)c1Cl)NC#N. The van der Waals surface area contributed by atoms with Crippen LogP contribution in [0.3, 0.4) is 0 Å². The minimum Gasteiger partial charge on any atom is -0.271 e. The lowest BCUT2D eigenvalue weighted by Gasteiger charge is -2.03. The molecule has 1 aromatic rings. The second-order valence-electron chi connectivity index (χ2n) is 2.55. The van der Waals surface area contributed by atoms with E-state index in [4.69, 9.17) is 16.9 Å². The van der Waals surface area contributed by atoms with Gasteiger partial charge in [0.1, 0.15) is 16.5 Å².